The van der Waals surface area contributed by atoms with Crippen LogP contribution in [0.1, 0.15) is 16.7 Å². The summed E-state index contributed by atoms with van der Waals surface area (Å²) in [6.45, 7) is 3.71. The Morgan fingerprint density at radius 2 is 1.88 bits per heavy atom. The molecule has 3 rings (SSSR count). The number of nitrogens with one attached hydrogen (secondary N) is 1. The van der Waals surface area contributed by atoms with Crippen LogP contribution in [0.5, 0.6) is 11.5 Å². The van der Waals surface area contributed by atoms with Gasteiger partial charge in [-0.25, -0.2) is 4.39 Å². The molecular weight excluding hydrogens is 409 g/mol. The van der Waals surface area contributed by atoms with Gasteiger partial charge in [0.2, 0.25) is 11.8 Å². The zero-order valence-corrected chi connectivity index (χ0v) is 18.1. The number of anilines is 1. The minimum absolute atomic E-state index is 0.0572. The number of rotatable bonds is 7. The maximum Gasteiger partial charge on any atom is 0.246 e. The Hall–Kier alpha value is -4.00. The fourth-order valence-electron chi connectivity index (χ4n) is 3.02. The van der Waals surface area contributed by atoms with E-state index in [4.69, 9.17) is 4.74 Å². The van der Waals surface area contributed by atoms with Crippen molar-refractivity contribution in [1.82, 2.24) is 9.88 Å². The third kappa shape index (κ3) is 6.01. The Morgan fingerprint density at radius 1 is 1.12 bits per heavy atom. The fraction of sp³-hybridized carbons (Fsp3) is 0.160. The third-order valence-electron chi connectivity index (χ3n) is 4.74. The number of hydrogen-bond acceptors (Lipinski definition) is 4. The largest absolute Gasteiger partial charge is 0.453 e. The summed E-state index contributed by atoms with van der Waals surface area (Å²) in [4.78, 5) is 29.9. The Kier molecular flexibility index (Phi) is 7.33. The molecule has 6 nitrogen and oxygen atoms in total. The van der Waals surface area contributed by atoms with Gasteiger partial charge < -0.3 is 15.0 Å². The van der Waals surface area contributed by atoms with Gasteiger partial charge in [-0.15, -0.1) is 0 Å². The summed E-state index contributed by atoms with van der Waals surface area (Å²) in [6.07, 6.45) is 5.86. The number of halogens is 1. The number of nitrogens with zero attached hydrogens (tertiary/aromatic N) is 2. The van der Waals surface area contributed by atoms with Crippen LogP contribution in [0.4, 0.5) is 10.1 Å². The molecule has 0 saturated carbocycles. The van der Waals surface area contributed by atoms with Gasteiger partial charge in [-0.05, 0) is 60.9 Å². The van der Waals surface area contributed by atoms with Gasteiger partial charge >= 0.3 is 0 Å². The molecule has 0 aliphatic carbocycles. The first-order valence-electron chi connectivity index (χ1n) is 10.00. The summed E-state index contributed by atoms with van der Waals surface area (Å²) in [5.41, 5.74) is 3.14. The number of amides is 2. The number of likely N-dealkylation sites (N-methyl/N-ethyl adjacent to an activating group) is 1. The SMILES string of the molecule is Cc1cccc(C)c1NC(=O)CN(C)C(=O)/C=C/c1ccc(Oc2cccnc2)c(F)c1. The van der Waals surface area contributed by atoms with Crippen molar-refractivity contribution >= 4 is 23.6 Å². The van der Waals surface area contributed by atoms with Crippen molar-refractivity contribution in [2.45, 2.75) is 13.8 Å². The van der Waals surface area contributed by atoms with E-state index < -0.39 is 5.82 Å². The summed E-state index contributed by atoms with van der Waals surface area (Å²) in [6, 6.07) is 13.5. The highest BCUT2D eigenvalue weighted by molar-refractivity contribution is 5.98. The van der Waals surface area contributed by atoms with E-state index in [0.717, 1.165) is 16.8 Å². The lowest BCUT2D eigenvalue weighted by molar-refractivity contribution is -0.129. The predicted molar refractivity (Wildman–Crippen MR) is 122 cm³/mol. The van der Waals surface area contributed by atoms with Gasteiger partial charge in [0, 0.05) is 25.0 Å². The smallest absolute Gasteiger partial charge is 0.246 e. The lowest BCUT2D eigenvalue weighted by Gasteiger charge is -2.16. The number of ether oxygens (including phenoxy) is 1. The number of hydrogen-bond donors (Lipinski definition) is 1. The summed E-state index contributed by atoms with van der Waals surface area (Å²) in [5, 5.41) is 2.85. The third-order valence-corrected chi connectivity index (χ3v) is 4.74. The van der Waals surface area contributed by atoms with Crippen molar-refractivity contribution in [3.05, 3.63) is 89.5 Å². The van der Waals surface area contributed by atoms with Crippen LogP contribution in [0.25, 0.3) is 6.08 Å². The van der Waals surface area contributed by atoms with Crippen LogP contribution in [-0.2, 0) is 9.59 Å². The van der Waals surface area contributed by atoms with Crippen molar-refractivity contribution in [2.24, 2.45) is 0 Å². The van der Waals surface area contributed by atoms with E-state index in [1.54, 1.807) is 24.4 Å². The lowest BCUT2D eigenvalue weighted by Crippen LogP contribution is -2.34. The molecule has 0 unspecified atom stereocenters. The molecule has 0 fully saturated rings. The van der Waals surface area contributed by atoms with E-state index >= 15 is 0 Å². The highest BCUT2D eigenvalue weighted by Crippen LogP contribution is 2.25. The monoisotopic (exact) mass is 433 g/mol. The van der Waals surface area contributed by atoms with Crippen molar-refractivity contribution < 1.29 is 18.7 Å². The molecule has 1 heterocycles. The Morgan fingerprint density at radius 3 is 2.53 bits per heavy atom. The Bertz CT molecular complexity index is 1130. The summed E-state index contributed by atoms with van der Waals surface area (Å²) in [7, 11) is 1.53. The zero-order valence-electron chi connectivity index (χ0n) is 18.1. The number of benzene rings is 2. The fourth-order valence-corrected chi connectivity index (χ4v) is 3.02. The van der Waals surface area contributed by atoms with Crippen LogP contribution in [0.3, 0.4) is 0 Å². The molecule has 1 aromatic heterocycles. The quantitative estimate of drug-likeness (QED) is 0.547. The normalized spacial score (nSPS) is 10.8. The van der Waals surface area contributed by atoms with Crippen LogP contribution in [0.2, 0.25) is 0 Å². The van der Waals surface area contributed by atoms with E-state index in [0.29, 0.717) is 11.3 Å². The molecule has 0 radical (unpaired) electrons. The molecule has 0 aliphatic heterocycles. The molecule has 7 heteroatoms. The molecule has 2 amide bonds. The first-order chi connectivity index (χ1) is 15.3. The summed E-state index contributed by atoms with van der Waals surface area (Å²) < 4.78 is 19.8. The summed E-state index contributed by atoms with van der Waals surface area (Å²) in [5.74, 6) is -0.760. The van der Waals surface area contributed by atoms with Crippen LogP contribution in [0.15, 0.2) is 67.0 Å². The molecule has 164 valence electrons. The van der Waals surface area contributed by atoms with E-state index in [1.807, 2.05) is 32.0 Å². The van der Waals surface area contributed by atoms with Crippen LogP contribution < -0.4 is 10.1 Å². The first kappa shape index (κ1) is 22.7. The number of pyridine rings is 1. The molecule has 1 N–H and O–H groups in total. The Labute approximate surface area is 186 Å². The van der Waals surface area contributed by atoms with E-state index in [1.165, 1.54) is 42.4 Å². The second kappa shape index (κ2) is 10.3. The van der Waals surface area contributed by atoms with Gasteiger partial charge in [-0.2, -0.15) is 0 Å². The molecule has 3 aromatic rings. The minimum Gasteiger partial charge on any atom is -0.453 e. The molecule has 32 heavy (non-hydrogen) atoms. The van der Waals surface area contributed by atoms with Crippen LogP contribution >= 0.6 is 0 Å². The average Bonchev–Trinajstić information content (AvgIpc) is 2.77. The summed E-state index contributed by atoms with van der Waals surface area (Å²) >= 11 is 0. The van der Waals surface area contributed by atoms with Gasteiger partial charge in [-0.1, -0.05) is 24.3 Å². The van der Waals surface area contributed by atoms with Gasteiger partial charge in [0.05, 0.1) is 12.7 Å². The second-order valence-corrected chi connectivity index (χ2v) is 7.32. The maximum absolute atomic E-state index is 14.3. The van der Waals surface area contributed by atoms with Crippen molar-refractivity contribution in [3.8, 4) is 11.5 Å². The highest BCUT2D eigenvalue weighted by Gasteiger charge is 2.13. The van der Waals surface area contributed by atoms with Crippen LogP contribution in [-0.4, -0.2) is 35.3 Å². The van der Waals surface area contributed by atoms with E-state index in [9.17, 15) is 14.0 Å². The molecule has 0 spiro atoms. The molecule has 0 saturated heterocycles. The Balaban J connectivity index is 1.58. The number of carbonyl (C=O) groups excluding carboxylic acids is 2. The average molecular weight is 433 g/mol. The van der Waals surface area contributed by atoms with Gasteiger partial charge in [-0.3, -0.25) is 14.6 Å². The lowest BCUT2D eigenvalue weighted by atomic mass is 10.1. The molecule has 0 bridgehead atoms. The molecular formula is C25H24FN3O3. The van der Waals surface area contributed by atoms with E-state index in [2.05, 4.69) is 10.3 Å². The number of aryl methyl sites for hydroxylation is 2. The topological polar surface area (TPSA) is 71.5 Å². The molecule has 2 aromatic carbocycles. The van der Waals surface area contributed by atoms with Gasteiger partial charge in [0.15, 0.2) is 11.6 Å². The minimum atomic E-state index is -0.565. The number of aromatic nitrogens is 1. The maximum atomic E-state index is 14.3. The van der Waals surface area contributed by atoms with Crippen molar-refractivity contribution in [3.63, 3.8) is 0 Å². The van der Waals surface area contributed by atoms with Gasteiger partial charge in [0.1, 0.15) is 5.75 Å². The van der Waals surface area contributed by atoms with Crippen molar-refractivity contribution in [1.29, 1.82) is 0 Å². The highest BCUT2D eigenvalue weighted by atomic mass is 19.1. The first-order valence-corrected chi connectivity index (χ1v) is 10.00. The van der Waals surface area contributed by atoms with Crippen molar-refractivity contribution in [2.75, 3.05) is 18.9 Å². The van der Waals surface area contributed by atoms with Gasteiger partial charge in [0.25, 0.3) is 0 Å². The van der Waals surface area contributed by atoms with Crippen LogP contribution in [0, 0.1) is 19.7 Å². The van der Waals surface area contributed by atoms with E-state index in [-0.39, 0.29) is 24.1 Å². The second-order valence-electron chi connectivity index (χ2n) is 7.32. The predicted octanol–water partition coefficient (Wildman–Crippen LogP) is 4.74. The standard InChI is InChI=1S/C25H24FN3O3/c1-17-6-4-7-18(2)25(17)28-23(30)16-29(3)24(31)12-10-19-9-11-22(21(26)14-19)32-20-8-5-13-27-15-20/h4-15H,16H2,1-3H3,(H,28,30)/b12-10+. The molecule has 0 atom stereocenters. The molecule has 0 aliphatic rings. The number of para-hydroxylation sites is 1. The zero-order chi connectivity index (χ0) is 23.1. The number of carbonyl (C=O) groups is 2.